The van der Waals surface area contributed by atoms with Crippen molar-refractivity contribution in [2.75, 3.05) is 13.2 Å². The Morgan fingerprint density at radius 1 is 1.08 bits per heavy atom. The third-order valence-electron chi connectivity index (χ3n) is 3.35. The lowest BCUT2D eigenvalue weighted by Gasteiger charge is -2.05. The number of hydrogen-bond donors (Lipinski definition) is 0. The summed E-state index contributed by atoms with van der Waals surface area (Å²) in [6.07, 6.45) is 9.67. The molecule has 1 aromatic carbocycles. The zero-order chi connectivity index (χ0) is 17.8. The van der Waals surface area contributed by atoms with E-state index < -0.39 is 0 Å². The zero-order valence-corrected chi connectivity index (χ0v) is 15.2. The van der Waals surface area contributed by atoms with E-state index in [9.17, 15) is 4.79 Å². The molecule has 0 N–H and O–H groups in total. The van der Waals surface area contributed by atoms with Crippen molar-refractivity contribution >= 4 is 12.0 Å². The van der Waals surface area contributed by atoms with Gasteiger partial charge in [0, 0.05) is 6.08 Å². The van der Waals surface area contributed by atoms with E-state index in [0.29, 0.717) is 13.2 Å². The summed E-state index contributed by atoms with van der Waals surface area (Å²) in [7, 11) is 0. The van der Waals surface area contributed by atoms with Crippen molar-refractivity contribution in [2.24, 2.45) is 0 Å². The normalized spacial score (nSPS) is 11.4. The Labute approximate surface area is 145 Å². The Hall–Kier alpha value is -2.29. The van der Waals surface area contributed by atoms with Gasteiger partial charge in [0.15, 0.2) is 0 Å². The van der Waals surface area contributed by atoms with Crippen molar-refractivity contribution in [3.8, 4) is 5.75 Å². The van der Waals surface area contributed by atoms with Gasteiger partial charge in [-0.05, 0) is 70.4 Å². The first-order chi connectivity index (χ1) is 11.5. The van der Waals surface area contributed by atoms with Crippen LogP contribution in [-0.2, 0) is 9.53 Å². The summed E-state index contributed by atoms with van der Waals surface area (Å²) in [6, 6.07) is 7.63. The number of esters is 1. The average Bonchev–Trinajstić information content (AvgIpc) is 2.54. The zero-order valence-electron chi connectivity index (χ0n) is 15.2. The second-order valence-corrected chi connectivity index (χ2v) is 5.84. The fourth-order valence-corrected chi connectivity index (χ4v) is 2.00. The van der Waals surface area contributed by atoms with E-state index in [0.717, 1.165) is 24.2 Å². The van der Waals surface area contributed by atoms with Crippen LogP contribution in [0.25, 0.3) is 6.08 Å². The molecule has 0 fully saturated rings. The Balaban J connectivity index is 2.41. The summed E-state index contributed by atoms with van der Waals surface area (Å²) in [5.74, 6) is 0.489. The highest BCUT2D eigenvalue weighted by Crippen LogP contribution is 2.14. The molecule has 0 unspecified atom stereocenters. The molecule has 0 bridgehead atoms. The maximum atomic E-state index is 11.3. The van der Waals surface area contributed by atoms with E-state index in [1.54, 1.807) is 13.0 Å². The van der Waals surface area contributed by atoms with Gasteiger partial charge in [-0.3, -0.25) is 0 Å². The van der Waals surface area contributed by atoms with Gasteiger partial charge in [0.25, 0.3) is 0 Å². The molecule has 0 aliphatic heterocycles. The van der Waals surface area contributed by atoms with E-state index in [-0.39, 0.29) is 5.97 Å². The molecule has 0 spiro atoms. The molecule has 0 saturated carbocycles. The number of carbonyl (C=O) groups excluding carboxylic acids is 1. The summed E-state index contributed by atoms with van der Waals surface area (Å²) in [5.41, 5.74) is 3.63. The molecule has 3 nitrogen and oxygen atoms in total. The van der Waals surface area contributed by atoms with Gasteiger partial charge in [-0.25, -0.2) is 4.79 Å². The van der Waals surface area contributed by atoms with Crippen LogP contribution in [0.2, 0.25) is 0 Å². The molecule has 130 valence electrons. The van der Waals surface area contributed by atoms with Gasteiger partial charge in [0.1, 0.15) is 12.4 Å². The van der Waals surface area contributed by atoms with Crippen molar-refractivity contribution in [3.05, 3.63) is 59.2 Å². The second-order valence-electron chi connectivity index (χ2n) is 5.84. The molecule has 1 rings (SSSR count). The maximum absolute atomic E-state index is 11.3. The Morgan fingerprint density at radius 3 is 2.42 bits per heavy atom. The molecule has 0 aliphatic rings. The quantitative estimate of drug-likeness (QED) is 0.349. The summed E-state index contributed by atoms with van der Waals surface area (Å²) in [6.45, 7) is 9.11. The van der Waals surface area contributed by atoms with E-state index in [4.69, 9.17) is 9.47 Å². The number of rotatable bonds is 9. The first-order valence-corrected chi connectivity index (χ1v) is 8.38. The Bertz CT molecular complexity index is 588. The second kappa shape index (κ2) is 11.3. The molecule has 3 heteroatoms. The fraction of sp³-hybridized carbons (Fsp3) is 0.381. The predicted octanol–water partition coefficient (Wildman–Crippen LogP) is 5.33. The van der Waals surface area contributed by atoms with Crippen LogP contribution in [0.3, 0.4) is 0 Å². The third-order valence-corrected chi connectivity index (χ3v) is 3.35. The van der Waals surface area contributed by atoms with Crippen LogP contribution >= 0.6 is 0 Å². The standard InChI is InChI=1S/C21H28O3/c1-5-23-21(22)14-11-19-9-12-20(13-10-19)24-16-15-18(4)8-6-7-17(2)3/h7,9-15H,5-6,8,16H2,1-4H3/b14-11?,18-15+. The van der Waals surface area contributed by atoms with E-state index in [2.05, 4.69) is 32.9 Å². The molecule has 0 aromatic heterocycles. The predicted molar refractivity (Wildman–Crippen MR) is 100 cm³/mol. The molecular formula is C21H28O3. The van der Waals surface area contributed by atoms with Gasteiger partial charge in [0.05, 0.1) is 6.61 Å². The molecule has 0 atom stereocenters. The lowest BCUT2D eigenvalue weighted by Crippen LogP contribution is -1.98. The van der Waals surface area contributed by atoms with Crippen LogP contribution in [0.1, 0.15) is 46.1 Å². The van der Waals surface area contributed by atoms with Crippen LogP contribution in [0.4, 0.5) is 0 Å². The fourth-order valence-electron chi connectivity index (χ4n) is 2.00. The van der Waals surface area contributed by atoms with E-state index in [1.165, 1.54) is 17.2 Å². The summed E-state index contributed by atoms with van der Waals surface area (Å²) in [5, 5.41) is 0. The Morgan fingerprint density at radius 2 is 1.79 bits per heavy atom. The van der Waals surface area contributed by atoms with Gasteiger partial charge in [-0.15, -0.1) is 0 Å². The number of allylic oxidation sites excluding steroid dienone is 3. The minimum Gasteiger partial charge on any atom is -0.490 e. The third kappa shape index (κ3) is 8.99. The molecular weight excluding hydrogens is 300 g/mol. The molecule has 0 saturated heterocycles. The topological polar surface area (TPSA) is 35.5 Å². The van der Waals surface area contributed by atoms with Crippen molar-refractivity contribution in [1.82, 2.24) is 0 Å². The minimum atomic E-state index is -0.327. The van der Waals surface area contributed by atoms with Crippen molar-refractivity contribution in [2.45, 2.75) is 40.5 Å². The molecule has 0 heterocycles. The SMILES string of the molecule is CCOC(=O)C=Cc1ccc(OC/C=C(\C)CCC=C(C)C)cc1. The summed E-state index contributed by atoms with van der Waals surface area (Å²) in [4.78, 5) is 11.3. The average molecular weight is 328 g/mol. The molecule has 0 radical (unpaired) electrons. The monoisotopic (exact) mass is 328 g/mol. The lowest BCUT2D eigenvalue weighted by atomic mass is 10.1. The first-order valence-electron chi connectivity index (χ1n) is 8.38. The van der Waals surface area contributed by atoms with Gasteiger partial charge in [0.2, 0.25) is 0 Å². The first kappa shape index (κ1) is 19.8. The minimum absolute atomic E-state index is 0.327. The van der Waals surface area contributed by atoms with E-state index >= 15 is 0 Å². The highest BCUT2D eigenvalue weighted by molar-refractivity contribution is 5.87. The van der Waals surface area contributed by atoms with Crippen molar-refractivity contribution in [3.63, 3.8) is 0 Å². The Kier molecular flexibility index (Phi) is 9.28. The number of benzene rings is 1. The summed E-state index contributed by atoms with van der Waals surface area (Å²) >= 11 is 0. The smallest absolute Gasteiger partial charge is 0.330 e. The van der Waals surface area contributed by atoms with Crippen LogP contribution in [0.15, 0.2) is 53.6 Å². The van der Waals surface area contributed by atoms with Gasteiger partial charge < -0.3 is 9.47 Å². The van der Waals surface area contributed by atoms with Crippen LogP contribution in [0.5, 0.6) is 5.75 Å². The van der Waals surface area contributed by atoms with Crippen molar-refractivity contribution in [1.29, 1.82) is 0 Å². The molecule has 24 heavy (non-hydrogen) atoms. The van der Waals surface area contributed by atoms with Crippen molar-refractivity contribution < 1.29 is 14.3 Å². The summed E-state index contributed by atoms with van der Waals surface area (Å²) < 4.78 is 10.6. The maximum Gasteiger partial charge on any atom is 0.330 e. The van der Waals surface area contributed by atoms with Gasteiger partial charge in [-0.1, -0.05) is 29.4 Å². The van der Waals surface area contributed by atoms with Crippen LogP contribution in [-0.4, -0.2) is 19.2 Å². The number of ether oxygens (including phenoxy) is 2. The van der Waals surface area contributed by atoms with Crippen LogP contribution in [0, 0.1) is 0 Å². The number of carbonyl (C=O) groups is 1. The van der Waals surface area contributed by atoms with Gasteiger partial charge in [-0.2, -0.15) is 0 Å². The van der Waals surface area contributed by atoms with Gasteiger partial charge >= 0.3 is 5.97 Å². The highest BCUT2D eigenvalue weighted by Gasteiger charge is 1.96. The number of hydrogen-bond acceptors (Lipinski definition) is 3. The van der Waals surface area contributed by atoms with Crippen LogP contribution < -0.4 is 4.74 Å². The molecule has 0 amide bonds. The molecule has 1 aromatic rings. The highest BCUT2D eigenvalue weighted by atomic mass is 16.5. The molecule has 0 aliphatic carbocycles. The largest absolute Gasteiger partial charge is 0.490 e. The lowest BCUT2D eigenvalue weighted by molar-refractivity contribution is -0.137. The van der Waals surface area contributed by atoms with E-state index in [1.807, 2.05) is 24.3 Å².